The molecule has 2 aromatic carbocycles. The van der Waals surface area contributed by atoms with Crippen LogP contribution in [-0.2, 0) is 15.1 Å². The van der Waals surface area contributed by atoms with Gasteiger partial charge in [0, 0.05) is 22.8 Å². The SMILES string of the molecule is CC1(c2ccccc2)NC(=O)N(CC(=O)Nc2ccc(-c3nccs3)cc2)C1=O. The molecule has 0 radical (unpaired) electrons. The molecule has 0 aliphatic carbocycles. The lowest BCUT2D eigenvalue weighted by Gasteiger charge is -2.22. The van der Waals surface area contributed by atoms with Crippen LogP contribution in [0.25, 0.3) is 10.6 Å². The van der Waals surface area contributed by atoms with Crippen molar-refractivity contribution in [1.29, 1.82) is 0 Å². The van der Waals surface area contributed by atoms with E-state index in [2.05, 4.69) is 15.6 Å². The van der Waals surface area contributed by atoms with Gasteiger partial charge in [0.1, 0.15) is 17.1 Å². The van der Waals surface area contributed by atoms with Gasteiger partial charge in [-0.15, -0.1) is 11.3 Å². The van der Waals surface area contributed by atoms with Crippen molar-refractivity contribution in [2.75, 3.05) is 11.9 Å². The number of nitrogens with zero attached hydrogens (tertiary/aromatic N) is 2. The normalized spacial score (nSPS) is 18.6. The van der Waals surface area contributed by atoms with Crippen molar-refractivity contribution >= 4 is 34.9 Å². The Morgan fingerprint density at radius 1 is 1.14 bits per heavy atom. The number of urea groups is 1. The number of hydrogen-bond donors (Lipinski definition) is 2. The number of carbonyl (C=O) groups is 3. The molecule has 2 heterocycles. The van der Waals surface area contributed by atoms with Crippen LogP contribution in [-0.4, -0.2) is 34.3 Å². The molecule has 1 aliphatic heterocycles. The fraction of sp³-hybridized carbons (Fsp3) is 0.143. The minimum atomic E-state index is -1.19. The quantitative estimate of drug-likeness (QED) is 0.637. The molecule has 7 nitrogen and oxygen atoms in total. The zero-order valence-corrected chi connectivity index (χ0v) is 16.4. The molecule has 1 fully saturated rings. The van der Waals surface area contributed by atoms with Crippen LogP contribution in [0.2, 0.25) is 0 Å². The summed E-state index contributed by atoms with van der Waals surface area (Å²) in [6.07, 6.45) is 1.73. The third kappa shape index (κ3) is 3.62. The average molecular weight is 406 g/mol. The molecule has 4 rings (SSSR count). The topological polar surface area (TPSA) is 91.4 Å². The second-order valence-corrected chi connectivity index (χ2v) is 7.67. The van der Waals surface area contributed by atoms with Gasteiger partial charge >= 0.3 is 6.03 Å². The van der Waals surface area contributed by atoms with Gasteiger partial charge in [0.2, 0.25) is 5.91 Å². The Hall–Kier alpha value is -3.52. The molecule has 1 aliphatic rings. The number of anilines is 1. The fourth-order valence-corrected chi connectivity index (χ4v) is 3.86. The Kier molecular flexibility index (Phi) is 4.85. The van der Waals surface area contributed by atoms with Crippen LogP contribution in [0.5, 0.6) is 0 Å². The van der Waals surface area contributed by atoms with Gasteiger partial charge in [0.05, 0.1) is 0 Å². The van der Waals surface area contributed by atoms with Gasteiger partial charge in [-0.3, -0.25) is 14.5 Å². The van der Waals surface area contributed by atoms with E-state index in [-0.39, 0.29) is 6.54 Å². The highest BCUT2D eigenvalue weighted by molar-refractivity contribution is 7.13. The lowest BCUT2D eigenvalue weighted by molar-refractivity contribution is -0.133. The number of thiazole rings is 1. The molecule has 0 spiro atoms. The standard InChI is InChI=1S/C21H18N4O3S/c1-21(15-5-3-2-4-6-15)19(27)25(20(28)24-21)13-17(26)23-16-9-7-14(8-10-16)18-22-11-12-29-18/h2-12H,13H2,1H3,(H,23,26)(H,24,28). The van der Waals surface area contributed by atoms with Crippen molar-refractivity contribution in [1.82, 2.24) is 15.2 Å². The minimum absolute atomic E-state index is 0.360. The van der Waals surface area contributed by atoms with Gasteiger partial charge in [0.25, 0.3) is 5.91 Å². The van der Waals surface area contributed by atoms with Crippen molar-refractivity contribution in [2.45, 2.75) is 12.5 Å². The highest BCUT2D eigenvalue weighted by Gasteiger charge is 2.49. The third-order valence-electron chi connectivity index (χ3n) is 4.78. The molecule has 0 saturated carbocycles. The molecule has 0 bridgehead atoms. The Bertz CT molecular complexity index is 1050. The smallest absolute Gasteiger partial charge is 0.325 e. The molecule has 8 heteroatoms. The number of imide groups is 1. The summed E-state index contributed by atoms with van der Waals surface area (Å²) < 4.78 is 0. The largest absolute Gasteiger partial charge is 0.325 e. The van der Waals surface area contributed by atoms with E-state index < -0.39 is 23.4 Å². The molecule has 1 aromatic heterocycles. The Balaban J connectivity index is 1.43. The van der Waals surface area contributed by atoms with E-state index in [1.807, 2.05) is 23.6 Å². The molecule has 1 unspecified atom stereocenters. The molecular weight excluding hydrogens is 388 g/mol. The molecule has 2 N–H and O–H groups in total. The summed E-state index contributed by atoms with van der Waals surface area (Å²) in [5.41, 5.74) is 1.01. The number of rotatable bonds is 5. The van der Waals surface area contributed by atoms with Crippen LogP contribution >= 0.6 is 11.3 Å². The van der Waals surface area contributed by atoms with E-state index in [0.29, 0.717) is 11.3 Å². The van der Waals surface area contributed by atoms with E-state index in [0.717, 1.165) is 15.5 Å². The summed E-state index contributed by atoms with van der Waals surface area (Å²) in [6.45, 7) is 1.28. The highest BCUT2D eigenvalue weighted by Crippen LogP contribution is 2.28. The first-order chi connectivity index (χ1) is 14.0. The van der Waals surface area contributed by atoms with Gasteiger partial charge in [-0.25, -0.2) is 9.78 Å². The summed E-state index contributed by atoms with van der Waals surface area (Å²) in [5, 5.41) is 8.20. The van der Waals surface area contributed by atoms with Crippen molar-refractivity contribution in [3.8, 4) is 10.6 Å². The first-order valence-electron chi connectivity index (χ1n) is 8.97. The van der Waals surface area contributed by atoms with Crippen molar-refractivity contribution < 1.29 is 14.4 Å². The van der Waals surface area contributed by atoms with Gasteiger partial charge in [-0.05, 0) is 36.8 Å². The number of carbonyl (C=O) groups excluding carboxylic acids is 3. The second kappa shape index (κ2) is 7.48. The summed E-state index contributed by atoms with van der Waals surface area (Å²) >= 11 is 1.53. The molecule has 4 amide bonds. The summed E-state index contributed by atoms with van der Waals surface area (Å²) in [6, 6.07) is 15.6. The lowest BCUT2D eigenvalue weighted by atomic mass is 9.92. The zero-order valence-electron chi connectivity index (χ0n) is 15.6. The van der Waals surface area contributed by atoms with Crippen molar-refractivity contribution in [3.05, 3.63) is 71.7 Å². The van der Waals surface area contributed by atoms with E-state index in [9.17, 15) is 14.4 Å². The Morgan fingerprint density at radius 3 is 2.52 bits per heavy atom. The van der Waals surface area contributed by atoms with E-state index in [1.165, 1.54) is 11.3 Å². The number of aromatic nitrogens is 1. The fourth-order valence-electron chi connectivity index (χ4n) is 3.21. The van der Waals surface area contributed by atoms with Gasteiger partial charge < -0.3 is 10.6 Å². The van der Waals surface area contributed by atoms with Crippen LogP contribution in [0.1, 0.15) is 12.5 Å². The molecule has 1 saturated heterocycles. The molecule has 29 heavy (non-hydrogen) atoms. The average Bonchev–Trinajstić information content (AvgIpc) is 3.33. The first kappa shape index (κ1) is 18.8. The van der Waals surface area contributed by atoms with Crippen LogP contribution in [0.15, 0.2) is 66.2 Å². The minimum Gasteiger partial charge on any atom is -0.325 e. The van der Waals surface area contributed by atoms with Crippen LogP contribution < -0.4 is 10.6 Å². The second-order valence-electron chi connectivity index (χ2n) is 6.78. The number of hydrogen-bond acceptors (Lipinski definition) is 5. The maximum atomic E-state index is 12.9. The number of amides is 4. The summed E-state index contributed by atoms with van der Waals surface area (Å²) in [5.74, 6) is -0.907. The van der Waals surface area contributed by atoms with Crippen LogP contribution in [0.4, 0.5) is 10.5 Å². The van der Waals surface area contributed by atoms with Gasteiger partial charge in [-0.1, -0.05) is 30.3 Å². The lowest BCUT2D eigenvalue weighted by Crippen LogP contribution is -2.42. The first-order valence-corrected chi connectivity index (χ1v) is 9.85. The predicted molar refractivity (Wildman–Crippen MR) is 110 cm³/mol. The predicted octanol–water partition coefficient (Wildman–Crippen LogP) is 3.22. The van der Waals surface area contributed by atoms with E-state index in [4.69, 9.17) is 0 Å². The van der Waals surface area contributed by atoms with E-state index in [1.54, 1.807) is 49.5 Å². The Labute approximate surface area is 171 Å². The monoisotopic (exact) mass is 406 g/mol. The number of nitrogens with one attached hydrogen (secondary N) is 2. The van der Waals surface area contributed by atoms with Crippen LogP contribution in [0, 0.1) is 0 Å². The van der Waals surface area contributed by atoms with Crippen molar-refractivity contribution in [2.24, 2.45) is 0 Å². The molecule has 3 aromatic rings. The molecule has 146 valence electrons. The molecular formula is C21H18N4O3S. The number of benzene rings is 2. The Morgan fingerprint density at radius 2 is 1.86 bits per heavy atom. The summed E-state index contributed by atoms with van der Waals surface area (Å²) in [7, 11) is 0. The van der Waals surface area contributed by atoms with Crippen molar-refractivity contribution in [3.63, 3.8) is 0 Å². The maximum Gasteiger partial charge on any atom is 0.325 e. The van der Waals surface area contributed by atoms with Gasteiger partial charge in [0.15, 0.2) is 0 Å². The molecule has 1 atom stereocenters. The third-order valence-corrected chi connectivity index (χ3v) is 5.60. The maximum absolute atomic E-state index is 12.9. The summed E-state index contributed by atoms with van der Waals surface area (Å²) in [4.78, 5) is 42.8. The zero-order chi connectivity index (χ0) is 20.4. The van der Waals surface area contributed by atoms with Crippen LogP contribution in [0.3, 0.4) is 0 Å². The highest BCUT2D eigenvalue weighted by atomic mass is 32.1. The van der Waals surface area contributed by atoms with E-state index >= 15 is 0 Å². The van der Waals surface area contributed by atoms with Gasteiger partial charge in [-0.2, -0.15) is 0 Å².